The van der Waals surface area contributed by atoms with Crippen molar-refractivity contribution in [3.63, 3.8) is 0 Å². The summed E-state index contributed by atoms with van der Waals surface area (Å²) in [6, 6.07) is 0. The predicted octanol–water partition coefficient (Wildman–Crippen LogP) is 2.68. The van der Waals surface area contributed by atoms with E-state index in [0.717, 1.165) is 30.2 Å². The second-order valence-corrected chi connectivity index (χ2v) is 5.80. The molecule has 5 heteroatoms. The molecular weight excluding hydrogens is 232 g/mol. The fourth-order valence-corrected chi connectivity index (χ4v) is 2.36. The monoisotopic (exact) mass is 256 g/mol. The molecule has 0 saturated carbocycles. The molecule has 0 aromatic carbocycles. The van der Waals surface area contributed by atoms with Gasteiger partial charge in [-0.3, -0.25) is 4.68 Å². The van der Waals surface area contributed by atoms with Crippen molar-refractivity contribution >= 4 is 23.3 Å². The Hall–Kier alpha value is -0.840. The first-order chi connectivity index (χ1) is 8.07. The molecule has 0 aliphatic rings. The van der Waals surface area contributed by atoms with E-state index in [0.29, 0.717) is 5.92 Å². The summed E-state index contributed by atoms with van der Waals surface area (Å²) in [5.74, 6) is 3.70. The van der Waals surface area contributed by atoms with Crippen molar-refractivity contribution in [3.8, 4) is 0 Å². The van der Waals surface area contributed by atoms with E-state index < -0.39 is 0 Å². The highest BCUT2D eigenvalue weighted by Gasteiger charge is 2.15. The van der Waals surface area contributed by atoms with Crippen LogP contribution < -0.4 is 11.1 Å². The van der Waals surface area contributed by atoms with Gasteiger partial charge in [-0.05, 0) is 23.8 Å². The molecule has 3 N–H and O–H groups in total. The number of aryl methyl sites for hydroxylation is 1. The van der Waals surface area contributed by atoms with Gasteiger partial charge < -0.3 is 11.1 Å². The molecule has 4 nitrogen and oxygen atoms in total. The molecular formula is C12H24N4S. The summed E-state index contributed by atoms with van der Waals surface area (Å²) >= 11 is 1.97. The second kappa shape index (κ2) is 6.79. The summed E-state index contributed by atoms with van der Waals surface area (Å²) < 4.78 is 1.84. The maximum absolute atomic E-state index is 6.09. The lowest BCUT2D eigenvalue weighted by Gasteiger charge is -2.07. The zero-order valence-electron chi connectivity index (χ0n) is 11.3. The van der Waals surface area contributed by atoms with Crippen molar-refractivity contribution in [1.82, 2.24) is 9.78 Å². The van der Waals surface area contributed by atoms with Gasteiger partial charge in [-0.1, -0.05) is 20.8 Å². The third-order valence-electron chi connectivity index (χ3n) is 2.62. The Kier molecular flexibility index (Phi) is 5.68. The minimum Gasteiger partial charge on any atom is -0.394 e. The lowest BCUT2D eigenvalue weighted by molar-refractivity contribution is 0.714. The van der Waals surface area contributed by atoms with Crippen LogP contribution in [-0.4, -0.2) is 27.8 Å². The largest absolute Gasteiger partial charge is 0.394 e. The summed E-state index contributed by atoms with van der Waals surface area (Å²) in [5.41, 5.74) is 7.88. The Morgan fingerprint density at radius 3 is 2.71 bits per heavy atom. The topological polar surface area (TPSA) is 55.9 Å². The SMILES string of the molecule is CCSCCCNc1c(N)c(C(C)C)nn1C. The Morgan fingerprint density at radius 2 is 2.18 bits per heavy atom. The van der Waals surface area contributed by atoms with Crippen molar-refractivity contribution in [3.05, 3.63) is 5.69 Å². The first kappa shape index (κ1) is 14.2. The number of hydrogen-bond donors (Lipinski definition) is 2. The van der Waals surface area contributed by atoms with Crippen molar-refractivity contribution in [2.24, 2.45) is 7.05 Å². The zero-order chi connectivity index (χ0) is 12.8. The number of aromatic nitrogens is 2. The fraction of sp³-hybridized carbons (Fsp3) is 0.750. The number of thioether (sulfide) groups is 1. The van der Waals surface area contributed by atoms with E-state index >= 15 is 0 Å². The van der Waals surface area contributed by atoms with Crippen LogP contribution in [0.4, 0.5) is 11.5 Å². The highest BCUT2D eigenvalue weighted by atomic mass is 32.2. The van der Waals surface area contributed by atoms with Crippen molar-refractivity contribution < 1.29 is 0 Å². The number of rotatable bonds is 7. The minimum absolute atomic E-state index is 0.368. The number of nitrogens with one attached hydrogen (secondary N) is 1. The molecule has 0 radical (unpaired) electrons. The van der Waals surface area contributed by atoms with E-state index in [1.807, 2.05) is 23.5 Å². The standard InChI is InChI=1S/C12H24N4S/c1-5-17-8-6-7-14-12-10(13)11(9(2)3)15-16(12)4/h9,14H,5-8,13H2,1-4H3. The van der Waals surface area contributed by atoms with Crippen LogP contribution in [0.1, 0.15) is 38.8 Å². The van der Waals surface area contributed by atoms with Crippen LogP contribution >= 0.6 is 11.8 Å². The third kappa shape index (κ3) is 3.84. The Labute approximate surface area is 108 Å². The van der Waals surface area contributed by atoms with E-state index in [2.05, 4.69) is 31.2 Å². The fourth-order valence-electron chi connectivity index (χ4n) is 1.72. The van der Waals surface area contributed by atoms with E-state index in [-0.39, 0.29) is 0 Å². The van der Waals surface area contributed by atoms with Gasteiger partial charge in [-0.2, -0.15) is 16.9 Å². The van der Waals surface area contributed by atoms with Crippen LogP contribution in [0.3, 0.4) is 0 Å². The molecule has 0 atom stereocenters. The molecule has 17 heavy (non-hydrogen) atoms. The summed E-state index contributed by atoms with van der Waals surface area (Å²) in [6.07, 6.45) is 1.15. The Morgan fingerprint density at radius 1 is 1.47 bits per heavy atom. The molecule has 1 heterocycles. The van der Waals surface area contributed by atoms with Gasteiger partial charge in [0.1, 0.15) is 5.82 Å². The third-order valence-corrected chi connectivity index (χ3v) is 3.61. The molecule has 0 aliphatic carbocycles. The Bertz CT molecular complexity index is 347. The smallest absolute Gasteiger partial charge is 0.147 e. The number of nitrogen functional groups attached to an aromatic ring is 1. The van der Waals surface area contributed by atoms with E-state index in [1.54, 1.807) is 0 Å². The lowest BCUT2D eigenvalue weighted by atomic mass is 10.1. The van der Waals surface area contributed by atoms with Crippen molar-refractivity contribution in [2.45, 2.75) is 33.1 Å². The van der Waals surface area contributed by atoms with Crippen LogP contribution in [-0.2, 0) is 7.05 Å². The lowest BCUT2D eigenvalue weighted by Crippen LogP contribution is -2.08. The summed E-state index contributed by atoms with van der Waals surface area (Å²) in [6.45, 7) is 7.36. The quantitative estimate of drug-likeness (QED) is 0.736. The maximum atomic E-state index is 6.09. The molecule has 1 aromatic rings. The van der Waals surface area contributed by atoms with Gasteiger partial charge in [0.25, 0.3) is 0 Å². The van der Waals surface area contributed by atoms with Crippen molar-refractivity contribution in [1.29, 1.82) is 0 Å². The van der Waals surface area contributed by atoms with Gasteiger partial charge in [0.2, 0.25) is 0 Å². The molecule has 0 saturated heterocycles. The second-order valence-electron chi connectivity index (χ2n) is 4.40. The molecule has 0 fully saturated rings. The van der Waals surface area contributed by atoms with E-state index in [4.69, 9.17) is 5.73 Å². The highest BCUT2D eigenvalue weighted by molar-refractivity contribution is 7.99. The summed E-state index contributed by atoms with van der Waals surface area (Å²) in [5, 5.41) is 7.83. The van der Waals surface area contributed by atoms with Crippen molar-refractivity contribution in [2.75, 3.05) is 29.1 Å². The Balaban J connectivity index is 2.53. The van der Waals surface area contributed by atoms with Gasteiger partial charge >= 0.3 is 0 Å². The molecule has 0 bridgehead atoms. The van der Waals surface area contributed by atoms with Gasteiger partial charge in [-0.25, -0.2) is 0 Å². The molecule has 0 unspecified atom stereocenters. The molecule has 0 spiro atoms. The minimum atomic E-state index is 0.368. The summed E-state index contributed by atoms with van der Waals surface area (Å²) in [4.78, 5) is 0. The normalized spacial score (nSPS) is 11.1. The molecule has 1 aromatic heterocycles. The average Bonchev–Trinajstić information content (AvgIpc) is 2.56. The molecule has 1 rings (SSSR count). The van der Waals surface area contributed by atoms with Crippen LogP contribution in [0.25, 0.3) is 0 Å². The van der Waals surface area contributed by atoms with Crippen LogP contribution in [0.2, 0.25) is 0 Å². The summed E-state index contributed by atoms with van der Waals surface area (Å²) in [7, 11) is 1.94. The van der Waals surface area contributed by atoms with Gasteiger partial charge in [0, 0.05) is 13.6 Å². The average molecular weight is 256 g/mol. The van der Waals surface area contributed by atoms with E-state index in [1.165, 1.54) is 11.5 Å². The van der Waals surface area contributed by atoms with Crippen LogP contribution in [0.5, 0.6) is 0 Å². The molecule has 0 aliphatic heterocycles. The number of nitrogens with two attached hydrogens (primary N) is 1. The van der Waals surface area contributed by atoms with Gasteiger partial charge in [0.05, 0.1) is 11.4 Å². The van der Waals surface area contributed by atoms with E-state index in [9.17, 15) is 0 Å². The first-order valence-electron chi connectivity index (χ1n) is 6.21. The number of hydrogen-bond acceptors (Lipinski definition) is 4. The number of anilines is 2. The van der Waals surface area contributed by atoms with Crippen LogP contribution in [0.15, 0.2) is 0 Å². The van der Waals surface area contributed by atoms with Gasteiger partial charge in [0.15, 0.2) is 0 Å². The first-order valence-corrected chi connectivity index (χ1v) is 7.37. The molecule has 0 amide bonds. The highest BCUT2D eigenvalue weighted by Crippen LogP contribution is 2.27. The maximum Gasteiger partial charge on any atom is 0.147 e. The predicted molar refractivity (Wildman–Crippen MR) is 77.8 cm³/mol. The number of nitrogens with zero attached hydrogens (tertiary/aromatic N) is 2. The zero-order valence-corrected chi connectivity index (χ0v) is 12.1. The van der Waals surface area contributed by atoms with Gasteiger partial charge in [-0.15, -0.1) is 0 Å². The van der Waals surface area contributed by atoms with Crippen LogP contribution in [0, 0.1) is 0 Å². The molecule has 98 valence electrons.